The summed E-state index contributed by atoms with van der Waals surface area (Å²) in [6, 6.07) is 2.39. The van der Waals surface area contributed by atoms with Crippen LogP contribution in [0.1, 0.15) is 16.8 Å². The van der Waals surface area contributed by atoms with Crippen LogP contribution >= 0.6 is 15.9 Å². The van der Waals surface area contributed by atoms with Crippen molar-refractivity contribution in [2.24, 2.45) is 0 Å². The largest absolute Gasteiger partial charge is 0.573 e. The van der Waals surface area contributed by atoms with Gasteiger partial charge in [-0.1, -0.05) is 15.9 Å². The Morgan fingerprint density at radius 3 is 2.53 bits per heavy atom. The van der Waals surface area contributed by atoms with Crippen molar-refractivity contribution in [1.29, 1.82) is 0 Å². The topological polar surface area (TPSA) is 69.4 Å². The van der Waals surface area contributed by atoms with E-state index >= 15 is 0 Å². The Morgan fingerprint density at radius 2 is 2.05 bits per heavy atom. The van der Waals surface area contributed by atoms with E-state index in [0.29, 0.717) is 11.4 Å². The smallest absolute Gasteiger partial charge is 0.406 e. The lowest BCUT2D eigenvalue weighted by Crippen LogP contribution is -2.17. The first-order chi connectivity index (χ1) is 8.74. The van der Waals surface area contributed by atoms with E-state index in [-0.39, 0.29) is 12.0 Å². The van der Waals surface area contributed by atoms with Crippen molar-refractivity contribution in [3.8, 4) is 5.75 Å². The van der Waals surface area contributed by atoms with Crippen LogP contribution in [-0.2, 0) is 0 Å². The predicted molar refractivity (Wildman–Crippen MR) is 62.5 cm³/mol. The summed E-state index contributed by atoms with van der Waals surface area (Å²) < 4.78 is 39.5. The zero-order chi connectivity index (χ0) is 14.6. The number of nitro benzene ring substituents is 1. The van der Waals surface area contributed by atoms with E-state index in [1.807, 2.05) is 0 Å². The normalized spacial score (nSPS) is 11.2. The average Bonchev–Trinajstić information content (AvgIpc) is 2.26. The SMILES string of the molecule is O=C(CCBr)c1ccc(OC(F)(F)F)cc1[N+](=O)[O-]. The van der Waals surface area contributed by atoms with Gasteiger partial charge in [-0.2, -0.15) is 0 Å². The van der Waals surface area contributed by atoms with Crippen LogP contribution in [0.5, 0.6) is 5.75 Å². The molecule has 0 N–H and O–H groups in total. The number of ether oxygens (including phenoxy) is 1. The van der Waals surface area contributed by atoms with Gasteiger partial charge in [-0.05, 0) is 12.1 Å². The number of carbonyl (C=O) groups excluding carboxylic acids is 1. The van der Waals surface area contributed by atoms with Crippen LogP contribution in [0.2, 0.25) is 0 Å². The first-order valence-electron chi connectivity index (χ1n) is 4.88. The summed E-state index contributed by atoms with van der Waals surface area (Å²) in [5.74, 6) is -1.28. The number of halogens is 4. The highest BCUT2D eigenvalue weighted by Crippen LogP contribution is 2.29. The maximum atomic E-state index is 12.0. The van der Waals surface area contributed by atoms with Gasteiger partial charge in [0.15, 0.2) is 5.78 Å². The fraction of sp³-hybridized carbons (Fsp3) is 0.300. The fourth-order valence-corrected chi connectivity index (χ4v) is 1.68. The van der Waals surface area contributed by atoms with E-state index in [4.69, 9.17) is 0 Å². The molecule has 0 aliphatic carbocycles. The molecule has 104 valence electrons. The third-order valence-corrected chi connectivity index (χ3v) is 2.42. The summed E-state index contributed by atoms with van der Waals surface area (Å²) in [4.78, 5) is 21.4. The lowest BCUT2D eigenvalue weighted by atomic mass is 10.1. The maximum Gasteiger partial charge on any atom is 0.573 e. The standard InChI is InChI=1S/C10H7BrF3NO4/c11-4-3-9(16)7-2-1-6(19-10(12,13)14)5-8(7)15(17)18/h1-2,5H,3-4H2. The van der Waals surface area contributed by atoms with Crippen molar-refractivity contribution < 1.29 is 27.6 Å². The fourth-order valence-electron chi connectivity index (χ4n) is 1.32. The second-order valence-corrected chi connectivity index (χ2v) is 4.14. The summed E-state index contributed by atoms with van der Waals surface area (Å²) in [5.41, 5.74) is -0.966. The molecule has 9 heteroatoms. The summed E-state index contributed by atoms with van der Waals surface area (Å²) in [6.07, 6.45) is -4.95. The summed E-state index contributed by atoms with van der Waals surface area (Å²) in [7, 11) is 0. The molecule has 0 heterocycles. The average molecular weight is 342 g/mol. The van der Waals surface area contributed by atoms with Crippen LogP contribution in [0.25, 0.3) is 0 Å². The van der Waals surface area contributed by atoms with Gasteiger partial charge in [0.2, 0.25) is 0 Å². The van der Waals surface area contributed by atoms with Crippen molar-refractivity contribution in [2.45, 2.75) is 12.8 Å². The molecule has 0 aliphatic heterocycles. The van der Waals surface area contributed by atoms with Gasteiger partial charge < -0.3 is 4.74 Å². The molecule has 0 spiro atoms. The van der Waals surface area contributed by atoms with Gasteiger partial charge in [0.25, 0.3) is 5.69 Å². The van der Waals surface area contributed by atoms with Gasteiger partial charge in [-0.15, -0.1) is 13.2 Å². The Kier molecular flexibility index (Phi) is 4.87. The van der Waals surface area contributed by atoms with Gasteiger partial charge in [0.05, 0.1) is 16.6 Å². The van der Waals surface area contributed by atoms with Crippen LogP contribution in [0.15, 0.2) is 18.2 Å². The molecule has 1 aromatic carbocycles. The van der Waals surface area contributed by atoms with Crippen LogP contribution in [-0.4, -0.2) is 22.4 Å². The zero-order valence-electron chi connectivity index (χ0n) is 9.24. The van der Waals surface area contributed by atoms with Crippen LogP contribution in [0, 0.1) is 10.1 Å². The first-order valence-corrected chi connectivity index (χ1v) is 6.00. The molecule has 0 bridgehead atoms. The van der Waals surface area contributed by atoms with E-state index < -0.39 is 28.5 Å². The monoisotopic (exact) mass is 341 g/mol. The number of hydrogen-bond acceptors (Lipinski definition) is 4. The summed E-state index contributed by atoms with van der Waals surface area (Å²) >= 11 is 3.00. The van der Waals surface area contributed by atoms with Crippen LogP contribution < -0.4 is 4.74 Å². The number of nitrogens with zero attached hydrogens (tertiary/aromatic N) is 1. The quantitative estimate of drug-likeness (QED) is 0.356. The third-order valence-electron chi connectivity index (χ3n) is 2.02. The van der Waals surface area contributed by atoms with E-state index in [0.717, 1.165) is 12.1 Å². The molecular formula is C10H7BrF3NO4. The van der Waals surface area contributed by atoms with Crippen LogP contribution in [0.3, 0.4) is 0 Å². The molecule has 0 unspecified atom stereocenters. The van der Waals surface area contributed by atoms with E-state index in [1.54, 1.807) is 0 Å². The van der Waals surface area contributed by atoms with Crippen molar-refractivity contribution in [1.82, 2.24) is 0 Å². The molecule has 1 rings (SSSR count). The number of alkyl halides is 4. The molecular weight excluding hydrogens is 335 g/mol. The van der Waals surface area contributed by atoms with Gasteiger partial charge in [0, 0.05) is 11.8 Å². The number of rotatable bonds is 5. The van der Waals surface area contributed by atoms with Crippen molar-refractivity contribution in [2.75, 3.05) is 5.33 Å². The number of ketones is 1. The minimum absolute atomic E-state index is 0.000312. The number of Topliss-reactive ketones (excluding diaryl/α,β-unsaturated/α-hetero) is 1. The number of nitro groups is 1. The molecule has 0 atom stereocenters. The second kappa shape index (κ2) is 6.00. The molecule has 5 nitrogen and oxygen atoms in total. The Bertz CT molecular complexity index is 504. The molecule has 0 saturated carbocycles. The van der Waals surface area contributed by atoms with Crippen molar-refractivity contribution in [3.63, 3.8) is 0 Å². The number of hydrogen-bond donors (Lipinski definition) is 0. The molecule has 19 heavy (non-hydrogen) atoms. The van der Waals surface area contributed by atoms with Crippen LogP contribution in [0.4, 0.5) is 18.9 Å². The van der Waals surface area contributed by atoms with Crippen molar-refractivity contribution in [3.05, 3.63) is 33.9 Å². The van der Waals surface area contributed by atoms with E-state index in [9.17, 15) is 28.1 Å². The van der Waals surface area contributed by atoms with E-state index in [1.165, 1.54) is 0 Å². The molecule has 1 aromatic rings. The lowest BCUT2D eigenvalue weighted by Gasteiger charge is -2.09. The van der Waals surface area contributed by atoms with Gasteiger partial charge >= 0.3 is 6.36 Å². The maximum absolute atomic E-state index is 12.0. The molecule has 0 aromatic heterocycles. The van der Waals surface area contributed by atoms with E-state index in [2.05, 4.69) is 20.7 Å². The number of benzene rings is 1. The Labute approximate surface area is 113 Å². The summed E-state index contributed by atoms with van der Waals surface area (Å²) in [6.45, 7) is 0. The summed E-state index contributed by atoms with van der Waals surface area (Å²) in [5, 5.41) is 11.0. The Morgan fingerprint density at radius 1 is 1.42 bits per heavy atom. The van der Waals surface area contributed by atoms with Gasteiger partial charge in [0.1, 0.15) is 5.75 Å². The Hall–Kier alpha value is -1.64. The molecule has 0 amide bonds. The first kappa shape index (κ1) is 15.4. The lowest BCUT2D eigenvalue weighted by molar-refractivity contribution is -0.385. The van der Waals surface area contributed by atoms with Gasteiger partial charge in [-0.25, -0.2) is 0 Å². The zero-order valence-corrected chi connectivity index (χ0v) is 10.8. The minimum atomic E-state index is -4.95. The molecule has 0 fully saturated rings. The predicted octanol–water partition coefficient (Wildman–Crippen LogP) is 3.46. The molecule has 0 saturated heterocycles. The van der Waals surface area contributed by atoms with Gasteiger partial charge in [-0.3, -0.25) is 14.9 Å². The Balaban J connectivity index is 3.15. The highest BCUT2D eigenvalue weighted by Gasteiger charge is 2.32. The third kappa shape index (κ3) is 4.51. The molecule has 0 aliphatic rings. The highest BCUT2D eigenvalue weighted by molar-refractivity contribution is 9.09. The highest BCUT2D eigenvalue weighted by atomic mass is 79.9. The molecule has 0 radical (unpaired) electrons. The minimum Gasteiger partial charge on any atom is -0.406 e. The second-order valence-electron chi connectivity index (χ2n) is 3.35. The number of carbonyl (C=O) groups is 1. The van der Waals surface area contributed by atoms with Crippen molar-refractivity contribution >= 4 is 27.4 Å².